The smallest absolute Gasteiger partial charge is 0.255 e. The molecule has 0 fully saturated rings. The van der Waals surface area contributed by atoms with E-state index in [4.69, 9.17) is 27.2 Å². The number of nitrogens with two attached hydrogens (primary N) is 2. The first-order valence-electron chi connectivity index (χ1n) is 11.3. The number of fused-ring (bicyclic) bond motifs is 1. The predicted molar refractivity (Wildman–Crippen MR) is 147 cm³/mol. The summed E-state index contributed by atoms with van der Waals surface area (Å²) < 4.78 is 28.1. The van der Waals surface area contributed by atoms with Crippen LogP contribution in [0.4, 0.5) is 11.6 Å². The molecule has 0 aliphatic heterocycles. The van der Waals surface area contributed by atoms with Crippen LogP contribution in [0, 0.1) is 0 Å². The molecule has 13 heteroatoms. The highest BCUT2D eigenvalue weighted by Gasteiger charge is 2.09. The van der Waals surface area contributed by atoms with E-state index in [9.17, 15) is 18.3 Å². The van der Waals surface area contributed by atoms with Gasteiger partial charge in [0.15, 0.2) is 12.3 Å². The van der Waals surface area contributed by atoms with Gasteiger partial charge in [-0.25, -0.2) is 18.1 Å². The van der Waals surface area contributed by atoms with E-state index < -0.39 is 15.9 Å². The van der Waals surface area contributed by atoms with Crippen molar-refractivity contribution in [2.75, 3.05) is 11.9 Å². The average Bonchev–Trinajstić information content (AvgIpc) is 3.31. The molecule has 3 aromatic carbocycles. The highest BCUT2D eigenvalue weighted by atomic mass is 35.5. The molecule has 2 aromatic heterocycles. The fourth-order valence-electron chi connectivity index (χ4n) is 3.36. The van der Waals surface area contributed by atoms with Crippen molar-refractivity contribution in [2.45, 2.75) is 4.90 Å². The van der Waals surface area contributed by atoms with Crippen molar-refractivity contribution in [3.8, 4) is 22.6 Å². The van der Waals surface area contributed by atoms with Crippen LogP contribution in [0.15, 0.2) is 96.0 Å². The van der Waals surface area contributed by atoms with Gasteiger partial charge in [-0.1, -0.05) is 29.8 Å². The fraction of sp³-hybridized carbons (Fsp3) is 0.0385. The van der Waals surface area contributed by atoms with Crippen LogP contribution in [0.25, 0.3) is 16.8 Å². The molecule has 39 heavy (non-hydrogen) atoms. The lowest BCUT2D eigenvalue weighted by molar-refractivity contribution is -0.119. The summed E-state index contributed by atoms with van der Waals surface area (Å²) in [5.74, 6) is 0.543. The zero-order valence-corrected chi connectivity index (χ0v) is 21.8. The summed E-state index contributed by atoms with van der Waals surface area (Å²) in [4.78, 5) is 15.3. The third-order valence-corrected chi connectivity index (χ3v) is 6.41. The first-order chi connectivity index (χ1) is 18.6. The largest absolute Gasteiger partial charge is 0.508 e. The Kier molecular flexibility index (Phi) is 8.30. The molecule has 0 spiro atoms. The maximum atomic E-state index is 10.8. The van der Waals surface area contributed by atoms with Crippen LogP contribution in [-0.2, 0) is 14.8 Å². The standard InChI is InChI=1S/C20H16ClN5O3.C6H7NO2S/c21-17-7-4-14(27)9-16(17)12-1-8-19-24-20(25-26(19)10-12)23-13-2-5-15(6-3-13)29-11-18(22)28;7-10(8,9)6-4-2-1-3-5-6/h1-10,27H,11H2,(H2,22,28)(H,23,25);1-5H,(H2,7,8,9). The number of phenolic OH excluding ortho intramolecular Hbond substituents is 1. The van der Waals surface area contributed by atoms with Gasteiger partial charge in [0.1, 0.15) is 11.5 Å². The van der Waals surface area contributed by atoms with Gasteiger partial charge in [-0.2, -0.15) is 4.98 Å². The molecule has 5 aromatic rings. The van der Waals surface area contributed by atoms with Crippen LogP contribution < -0.4 is 20.9 Å². The van der Waals surface area contributed by atoms with Crippen LogP contribution in [0.2, 0.25) is 5.02 Å². The second kappa shape index (κ2) is 11.8. The minimum absolute atomic E-state index is 0.133. The first-order valence-corrected chi connectivity index (χ1v) is 13.2. The van der Waals surface area contributed by atoms with Gasteiger partial charge in [0.05, 0.1) is 4.90 Å². The molecule has 0 radical (unpaired) electrons. The zero-order chi connectivity index (χ0) is 28.0. The SMILES string of the molecule is NC(=O)COc1ccc(Nc2nc3ccc(-c4cc(O)ccc4Cl)cn3n2)cc1.NS(=O)(=O)c1ccccc1. The van der Waals surface area contributed by atoms with Crippen molar-refractivity contribution >= 4 is 44.8 Å². The summed E-state index contributed by atoms with van der Waals surface area (Å²) >= 11 is 6.24. The Morgan fingerprint density at radius 3 is 2.38 bits per heavy atom. The third-order valence-electron chi connectivity index (χ3n) is 5.16. The summed E-state index contributed by atoms with van der Waals surface area (Å²) in [6.45, 7) is -0.174. The van der Waals surface area contributed by atoms with E-state index in [0.29, 0.717) is 27.9 Å². The summed E-state index contributed by atoms with van der Waals surface area (Å²) in [5, 5.41) is 22.6. The average molecular weight is 567 g/mol. The molecule has 200 valence electrons. The molecule has 0 saturated carbocycles. The van der Waals surface area contributed by atoms with Crippen molar-refractivity contribution in [3.63, 3.8) is 0 Å². The van der Waals surface area contributed by atoms with Gasteiger partial charge in [-0.05, 0) is 66.7 Å². The molecular formula is C26H23ClN6O5S. The molecular weight excluding hydrogens is 544 g/mol. The number of aromatic nitrogens is 3. The minimum atomic E-state index is -3.50. The zero-order valence-electron chi connectivity index (χ0n) is 20.2. The number of sulfonamides is 1. The van der Waals surface area contributed by atoms with Gasteiger partial charge in [0, 0.05) is 28.0 Å². The van der Waals surface area contributed by atoms with Crippen LogP contribution in [0.3, 0.4) is 0 Å². The normalized spacial score (nSPS) is 10.9. The molecule has 0 aliphatic rings. The van der Waals surface area contributed by atoms with E-state index in [2.05, 4.69) is 15.4 Å². The molecule has 6 N–H and O–H groups in total. The van der Waals surface area contributed by atoms with Gasteiger partial charge in [-0.15, -0.1) is 5.10 Å². The highest BCUT2D eigenvalue weighted by molar-refractivity contribution is 7.89. The Morgan fingerprint density at radius 1 is 1.03 bits per heavy atom. The van der Waals surface area contributed by atoms with Crippen LogP contribution in [-0.4, -0.2) is 40.6 Å². The molecule has 0 bridgehead atoms. The van der Waals surface area contributed by atoms with Crippen LogP contribution in [0.5, 0.6) is 11.5 Å². The summed E-state index contributed by atoms with van der Waals surface area (Å²) in [7, 11) is -3.50. The number of pyridine rings is 1. The predicted octanol–water partition coefficient (Wildman–Crippen LogP) is 3.70. The number of halogens is 1. The summed E-state index contributed by atoms with van der Waals surface area (Å²) in [6, 6.07) is 23.3. The van der Waals surface area contributed by atoms with Gasteiger partial charge >= 0.3 is 0 Å². The Morgan fingerprint density at radius 2 is 1.74 bits per heavy atom. The monoisotopic (exact) mass is 566 g/mol. The number of ether oxygens (including phenoxy) is 1. The Balaban J connectivity index is 0.000000298. The molecule has 1 amide bonds. The van der Waals surface area contributed by atoms with Crippen molar-refractivity contribution in [1.29, 1.82) is 0 Å². The van der Waals surface area contributed by atoms with E-state index in [1.807, 2.05) is 12.1 Å². The van der Waals surface area contributed by atoms with Gasteiger partial charge < -0.3 is 20.9 Å². The first kappa shape index (κ1) is 27.4. The van der Waals surface area contributed by atoms with Crippen molar-refractivity contribution < 1.29 is 23.1 Å². The van der Waals surface area contributed by atoms with Crippen molar-refractivity contribution in [3.05, 3.63) is 96.1 Å². The number of hydrogen-bond acceptors (Lipinski definition) is 8. The number of primary sulfonamides is 1. The number of amides is 1. The number of aromatic hydroxyl groups is 1. The second-order valence-corrected chi connectivity index (χ2v) is 10.1. The Hall–Kier alpha value is -4.65. The summed E-state index contributed by atoms with van der Waals surface area (Å²) in [5.41, 5.74) is 7.95. The number of benzene rings is 3. The number of rotatable bonds is 7. The fourth-order valence-corrected chi connectivity index (χ4v) is 4.12. The van der Waals surface area contributed by atoms with Crippen LogP contribution >= 0.6 is 11.6 Å². The molecule has 0 unspecified atom stereocenters. The number of carbonyl (C=O) groups excluding carboxylic acids is 1. The highest BCUT2D eigenvalue weighted by Crippen LogP contribution is 2.31. The van der Waals surface area contributed by atoms with E-state index in [1.165, 1.54) is 18.2 Å². The number of carbonyl (C=O) groups is 1. The third kappa shape index (κ3) is 7.45. The van der Waals surface area contributed by atoms with Crippen molar-refractivity contribution in [2.24, 2.45) is 10.9 Å². The lowest BCUT2D eigenvalue weighted by Crippen LogP contribution is -2.19. The molecule has 5 rings (SSSR count). The topological polar surface area (TPSA) is 175 Å². The number of hydrogen-bond donors (Lipinski definition) is 4. The molecule has 0 atom stereocenters. The summed E-state index contributed by atoms with van der Waals surface area (Å²) in [6.07, 6.45) is 1.79. The van der Waals surface area contributed by atoms with E-state index in [1.54, 1.807) is 65.3 Å². The molecule has 11 nitrogen and oxygen atoms in total. The second-order valence-electron chi connectivity index (χ2n) is 8.08. The van der Waals surface area contributed by atoms with Gasteiger partial charge in [-0.3, -0.25) is 4.79 Å². The van der Waals surface area contributed by atoms with Crippen LogP contribution in [0.1, 0.15) is 0 Å². The quantitative estimate of drug-likeness (QED) is 0.230. The number of phenols is 1. The Bertz CT molecular complexity index is 1710. The van der Waals surface area contributed by atoms with Crippen molar-refractivity contribution in [1.82, 2.24) is 14.6 Å². The minimum Gasteiger partial charge on any atom is -0.508 e. The van der Waals surface area contributed by atoms with E-state index in [-0.39, 0.29) is 17.3 Å². The number of nitrogens with zero attached hydrogens (tertiary/aromatic N) is 3. The van der Waals surface area contributed by atoms with Gasteiger partial charge in [0.25, 0.3) is 5.91 Å². The molecule has 0 saturated heterocycles. The van der Waals surface area contributed by atoms with E-state index >= 15 is 0 Å². The van der Waals surface area contributed by atoms with Gasteiger partial charge in [0.2, 0.25) is 16.0 Å². The maximum Gasteiger partial charge on any atom is 0.255 e. The number of primary amides is 1. The number of nitrogens with one attached hydrogen (secondary N) is 1. The Labute approximate surface area is 228 Å². The van der Waals surface area contributed by atoms with E-state index in [0.717, 1.165) is 11.3 Å². The lowest BCUT2D eigenvalue weighted by Gasteiger charge is -2.05. The number of anilines is 2. The maximum absolute atomic E-state index is 10.8. The lowest BCUT2D eigenvalue weighted by atomic mass is 10.1. The molecule has 0 aliphatic carbocycles. The molecule has 2 heterocycles.